The summed E-state index contributed by atoms with van der Waals surface area (Å²) >= 11 is 0. The van der Waals surface area contributed by atoms with Gasteiger partial charge in [0.05, 0.1) is 0 Å². The van der Waals surface area contributed by atoms with E-state index in [0.29, 0.717) is 0 Å². The molecule has 0 aliphatic heterocycles. The molecule has 0 amide bonds. The maximum atomic E-state index is 4.78. The van der Waals surface area contributed by atoms with E-state index in [-0.39, 0.29) is 6.17 Å². The normalized spacial score (nSPS) is 12.4. The molecule has 0 aliphatic carbocycles. The van der Waals surface area contributed by atoms with E-state index < -0.39 is 0 Å². The first-order valence-electron chi connectivity index (χ1n) is 8.23. The molecule has 24 heavy (non-hydrogen) atoms. The van der Waals surface area contributed by atoms with Crippen molar-refractivity contribution in [2.45, 2.75) is 19.6 Å². The van der Waals surface area contributed by atoms with E-state index in [0.717, 1.165) is 12.1 Å². The van der Waals surface area contributed by atoms with Crippen LogP contribution < -0.4 is 5.32 Å². The van der Waals surface area contributed by atoms with Gasteiger partial charge in [0.15, 0.2) is 0 Å². The van der Waals surface area contributed by atoms with Crippen LogP contribution in [0.15, 0.2) is 89.9 Å². The molecule has 0 heterocycles. The molecule has 0 fully saturated rings. The maximum Gasteiger partial charge on any atom is 0.125 e. The summed E-state index contributed by atoms with van der Waals surface area (Å²) in [7, 11) is 0. The van der Waals surface area contributed by atoms with Gasteiger partial charge < -0.3 is 0 Å². The highest BCUT2D eigenvalue weighted by atomic mass is 15.1. The summed E-state index contributed by atoms with van der Waals surface area (Å²) in [5.74, 6) is 0. The van der Waals surface area contributed by atoms with Crippen LogP contribution in [0.1, 0.15) is 28.4 Å². The van der Waals surface area contributed by atoms with Gasteiger partial charge in [-0.1, -0.05) is 90.5 Å². The zero-order chi connectivity index (χ0) is 16.6. The first-order valence-corrected chi connectivity index (χ1v) is 8.23. The van der Waals surface area contributed by atoms with Crippen molar-refractivity contribution in [3.63, 3.8) is 0 Å². The molecule has 0 saturated heterocycles. The Kier molecular flexibility index (Phi) is 5.54. The summed E-state index contributed by atoms with van der Waals surface area (Å²) in [5, 5.41) is 3.55. The van der Waals surface area contributed by atoms with Crippen LogP contribution in [0, 0.1) is 6.92 Å². The van der Waals surface area contributed by atoms with Crippen LogP contribution in [0.2, 0.25) is 0 Å². The molecule has 3 aromatic carbocycles. The minimum Gasteiger partial charge on any atom is -0.288 e. The Morgan fingerprint density at radius 1 is 0.875 bits per heavy atom. The monoisotopic (exact) mass is 314 g/mol. The van der Waals surface area contributed by atoms with E-state index in [4.69, 9.17) is 4.99 Å². The summed E-state index contributed by atoms with van der Waals surface area (Å²) in [6.07, 6.45) is 1.87. The zero-order valence-electron chi connectivity index (χ0n) is 13.9. The lowest BCUT2D eigenvalue weighted by Gasteiger charge is -2.16. The standard InChI is InChI=1S/C22H22N2/c1-18-9-8-14-21(15-18)22(23-16-19-10-4-2-5-11-19)24-17-20-12-6-3-7-13-20/h2-16,22,24H,17H2,1H3/b23-16+. The Bertz CT molecular complexity index is 779. The molecule has 1 unspecified atom stereocenters. The minimum atomic E-state index is -0.0645. The molecule has 1 N–H and O–H groups in total. The molecule has 120 valence electrons. The number of nitrogens with one attached hydrogen (secondary N) is 1. The Labute approximate surface area is 143 Å². The second-order valence-electron chi connectivity index (χ2n) is 5.87. The molecule has 2 heteroatoms. The van der Waals surface area contributed by atoms with Gasteiger partial charge in [-0.3, -0.25) is 10.3 Å². The summed E-state index contributed by atoms with van der Waals surface area (Å²) < 4.78 is 0. The van der Waals surface area contributed by atoms with Gasteiger partial charge in [-0.25, -0.2) is 0 Å². The van der Waals surface area contributed by atoms with Gasteiger partial charge in [0.2, 0.25) is 0 Å². The number of hydrogen-bond acceptors (Lipinski definition) is 2. The van der Waals surface area contributed by atoms with Crippen molar-refractivity contribution in [2.75, 3.05) is 0 Å². The highest BCUT2D eigenvalue weighted by Gasteiger charge is 2.08. The van der Waals surface area contributed by atoms with Crippen molar-refractivity contribution >= 4 is 6.21 Å². The van der Waals surface area contributed by atoms with Crippen LogP contribution in [-0.2, 0) is 6.54 Å². The summed E-state index contributed by atoms with van der Waals surface area (Å²) in [5.41, 5.74) is 4.79. The average Bonchev–Trinajstić information content (AvgIpc) is 2.63. The molecule has 1 atom stereocenters. The third kappa shape index (κ3) is 4.64. The van der Waals surface area contributed by atoms with Crippen molar-refractivity contribution in [1.82, 2.24) is 5.32 Å². The Hall–Kier alpha value is -2.71. The van der Waals surface area contributed by atoms with E-state index in [1.54, 1.807) is 0 Å². The first-order chi connectivity index (χ1) is 11.8. The number of benzene rings is 3. The molecule has 0 aromatic heterocycles. The first kappa shape index (κ1) is 16.2. The molecule has 2 nitrogen and oxygen atoms in total. The topological polar surface area (TPSA) is 24.4 Å². The highest BCUT2D eigenvalue weighted by Crippen LogP contribution is 2.17. The molecule has 0 saturated carbocycles. The van der Waals surface area contributed by atoms with Crippen LogP contribution in [-0.4, -0.2) is 6.21 Å². The van der Waals surface area contributed by atoms with Crippen LogP contribution in [0.25, 0.3) is 0 Å². The summed E-state index contributed by atoms with van der Waals surface area (Å²) in [6, 6.07) is 29.1. The molecule has 3 rings (SSSR count). The summed E-state index contributed by atoms with van der Waals surface area (Å²) in [6.45, 7) is 2.89. The number of nitrogens with zero attached hydrogens (tertiary/aromatic N) is 1. The van der Waals surface area contributed by atoms with Gasteiger partial charge in [0, 0.05) is 12.8 Å². The molecule has 0 bridgehead atoms. The largest absolute Gasteiger partial charge is 0.288 e. The smallest absolute Gasteiger partial charge is 0.125 e. The molecule has 0 spiro atoms. The Morgan fingerprint density at radius 2 is 1.58 bits per heavy atom. The van der Waals surface area contributed by atoms with Crippen molar-refractivity contribution in [1.29, 1.82) is 0 Å². The van der Waals surface area contributed by atoms with Crippen LogP contribution in [0.5, 0.6) is 0 Å². The van der Waals surface area contributed by atoms with Crippen LogP contribution in [0.3, 0.4) is 0 Å². The fourth-order valence-electron chi connectivity index (χ4n) is 2.61. The van der Waals surface area contributed by atoms with Gasteiger partial charge in [0.1, 0.15) is 6.17 Å². The fraction of sp³-hybridized carbons (Fsp3) is 0.136. The van der Waals surface area contributed by atoms with E-state index in [1.807, 2.05) is 30.5 Å². The minimum absolute atomic E-state index is 0.0645. The number of aryl methyl sites for hydroxylation is 1. The Morgan fingerprint density at radius 3 is 2.29 bits per heavy atom. The van der Waals surface area contributed by atoms with E-state index >= 15 is 0 Å². The lowest BCUT2D eigenvalue weighted by atomic mass is 10.1. The maximum absolute atomic E-state index is 4.78. The number of aliphatic imine (C=N–C) groups is 1. The fourth-order valence-corrected chi connectivity index (χ4v) is 2.61. The van der Waals surface area contributed by atoms with Gasteiger partial charge in [-0.05, 0) is 23.6 Å². The van der Waals surface area contributed by atoms with Gasteiger partial charge in [0.25, 0.3) is 0 Å². The van der Waals surface area contributed by atoms with Crippen LogP contribution >= 0.6 is 0 Å². The van der Waals surface area contributed by atoms with E-state index in [1.165, 1.54) is 16.7 Å². The van der Waals surface area contributed by atoms with Gasteiger partial charge >= 0.3 is 0 Å². The third-order valence-electron chi connectivity index (χ3n) is 3.87. The van der Waals surface area contributed by atoms with Gasteiger partial charge in [-0.15, -0.1) is 0 Å². The van der Waals surface area contributed by atoms with Crippen molar-refractivity contribution < 1.29 is 0 Å². The lowest BCUT2D eigenvalue weighted by molar-refractivity contribution is 0.556. The van der Waals surface area contributed by atoms with Crippen molar-refractivity contribution in [3.8, 4) is 0 Å². The third-order valence-corrected chi connectivity index (χ3v) is 3.87. The second kappa shape index (κ2) is 8.23. The second-order valence-corrected chi connectivity index (χ2v) is 5.87. The molecule has 0 radical (unpaired) electrons. The zero-order valence-corrected chi connectivity index (χ0v) is 13.9. The highest BCUT2D eigenvalue weighted by molar-refractivity contribution is 5.79. The van der Waals surface area contributed by atoms with Crippen molar-refractivity contribution in [2.24, 2.45) is 4.99 Å². The number of rotatable bonds is 6. The summed E-state index contributed by atoms with van der Waals surface area (Å²) in [4.78, 5) is 4.78. The van der Waals surface area contributed by atoms with Gasteiger partial charge in [-0.2, -0.15) is 0 Å². The van der Waals surface area contributed by atoms with E-state index in [9.17, 15) is 0 Å². The predicted molar refractivity (Wildman–Crippen MR) is 101 cm³/mol. The van der Waals surface area contributed by atoms with E-state index in [2.05, 4.69) is 72.9 Å². The SMILES string of the molecule is Cc1cccc(C(/N=C/c2ccccc2)NCc2ccccc2)c1. The average molecular weight is 314 g/mol. The van der Waals surface area contributed by atoms with Crippen molar-refractivity contribution in [3.05, 3.63) is 107 Å². The molecule has 0 aliphatic rings. The molecular weight excluding hydrogens is 292 g/mol. The lowest BCUT2D eigenvalue weighted by Crippen LogP contribution is -2.19. The Balaban J connectivity index is 1.79. The molecule has 3 aromatic rings. The number of hydrogen-bond donors (Lipinski definition) is 1. The quantitative estimate of drug-likeness (QED) is 0.643. The molecular formula is C22H22N2. The predicted octanol–water partition coefficient (Wildman–Crippen LogP) is 4.90. The van der Waals surface area contributed by atoms with Crippen LogP contribution in [0.4, 0.5) is 0 Å².